The minimum absolute atomic E-state index is 0.0380. The molecule has 1 aromatic carbocycles. The normalized spacial score (nSPS) is 13.7. The zero-order valence-electron chi connectivity index (χ0n) is 18.3. The summed E-state index contributed by atoms with van der Waals surface area (Å²) in [4.78, 5) is 36.3. The van der Waals surface area contributed by atoms with Crippen LogP contribution in [0.2, 0.25) is 0 Å². The average Bonchev–Trinajstić information content (AvgIpc) is 3.29. The number of nitro benzene ring substituents is 1. The highest BCUT2D eigenvalue weighted by Gasteiger charge is 2.30. The molecule has 0 N–H and O–H groups in total. The SMILES string of the molecule is COc1cc(C(=O)N2CCN(c3ccc(-c4noc(C)n4)cn3)CC2)c([N+](=O)[O-])cc1OC. The first-order chi connectivity index (χ1) is 15.9. The lowest BCUT2D eigenvalue weighted by atomic mass is 10.1. The lowest BCUT2D eigenvalue weighted by Gasteiger charge is -2.35. The van der Waals surface area contributed by atoms with E-state index in [-0.39, 0.29) is 22.7 Å². The summed E-state index contributed by atoms with van der Waals surface area (Å²) in [5.74, 6) is 1.71. The Labute approximate surface area is 188 Å². The van der Waals surface area contributed by atoms with Crippen LogP contribution in [-0.4, -0.2) is 71.3 Å². The summed E-state index contributed by atoms with van der Waals surface area (Å²) in [6.07, 6.45) is 1.67. The second-order valence-electron chi connectivity index (χ2n) is 7.30. The van der Waals surface area contributed by atoms with Gasteiger partial charge in [-0.1, -0.05) is 5.16 Å². The van der Waals surface area contributed by atoms with Crippen molar-refractivity contribution in [3.05, 3.63) is 52.0 Å². The molecule has 3 aromatic rings. The van der Waals surface area contributed by atoms with Crippen LogP contribution in [0.3, 0.4) is 0 Å². The minimum Gasteiger partial charge on any atom is -0.493 e. The third-order valence-electron chi connectivity index (χ3n) is 5.35. The first-order valence-corrected chi connectivity index (χ1v) is 10.1. The maximum absolute atomic E-state index is 13.1. The predicted molar refractivity (Wildman–Crippen MR) is 117 cm³/mol. The van der Waals surface area contributed by atoms with E-state index in [0.717, 1.165) is 11.4 Å². The Morgan fingerprint density at radius 3 is 2.36 bits per heavy atom. The van der Waals surface area contributed by atoms with Gasteiger partial charge in [-0.15, -0.1) is 0 Å². The molecule has 3 heterocycles. The molecule has 2 aromatic heterocycles. The summed E-state index contributed by atoms with van der Waals surface area (Å²) >= 11 is 0. The lowest BCUT2D eigenvalue weighted by molar-refractivity contribution is -0.385. The number of carbonyl (C=O) groups excluding carboxylic acids is 1. The Hall–Kier alpha value is -4.22. The van der Waals surface area contributed by atoms with E-state index in [1.54, 1.807) is 18.0 Å². The lowest BCUT2D eigenvalue weighted by Crippen LogP contribution is -2.49. The molecule has 0 atom stereocenters. The molecule has 1 amide bonds. The van der Waals surface area contributed by atoms with Gasteiger partial charge in [-0.05, 0) is 12.1 Å². The van der Waals surface area contributed by atoms with E-state index in [2.05, 4.69) is 15.1 Å². The smallest absolute Gasteiger partial charge is 0.286 e. The fourth-order valence-electron chi connectivity index (χ4n) is 3.62. The maximum Gasteiger partial charge on any atom is 0.286 e. The van der Waals surface area contributed by atoms with Crippen LogP contribution in [0.4, 0.5) is 11.5 Å². The molecule has 0 radical (unpaired) electrons. The van der Waals surface area contributed by atoms with Crippen molar-refractivity contribution in [2.24, 2.45) is 0 Å². The van der Waals surface area contributed by atoms with E-state index in [4.69, 9.17) is 14.0 Å². The Morgan fingerprint density at radius 1 is 1.12 bits per heavy atom. The van der Waals surface area contributed by atoms with E-state index >= 15 is 0 Å². The van der Waals surface area contributed by atoms with Crippen LogP contribution >= 0.6 is 0 Å². The van der Waals surface area contributed by atoms with Gasteiger partial charge in [-0.3, -0.25) is 14.9 Å². The van der Waals surface area contributed by atoms with Crippen molar-refractivity contribution in [3.63, 3.8) is 0 Å². The van der Waals surface area contributed by atoms with E-state index in [9.17, 15) is 14.9 Å². The zero-order chi connectivity index (χ0) is 23.5. The number of piperazine rings is 1. The van der Waals surface area contributed by atoms with Gasteiger partial charge >= 0.3 is 0 Å². The number of ether oxygens (including phenoxy) is 2. The number of rotatable bonds is 6. The van der Waals surface area contributed by atoms with Crippen molar-refractivity contribution in [1.82, 2.24) is 20.0 Å². The largest absolute Gasteiger partial charge is 0.493 e. The molecule has 0 unspecified atom stereocenters. The summed E-state index contributed by atoms with van der Waals surface area (Å²) in [7, 11) is 2.79. The minimum atomic E-state index is -0.595. The van der Waals surface area contributed by atoms with Gasteiger partial charge in [-0.2, -0.15) is 4.98 Å². The van der Waals surface area contributed by atoms with Crippen molar-refractivity contribution < 1.29 is 23.7 Å². The summed E-state index contributed by atoms with van der Waals surface area (Å²) in [5.41, 5.74) is 0.378. The Morgan fingerprint density at radius 2 is 1.82 bits per heavy atom. The van der Waals surface area contributed by atoms with Crippen LogP contribution in [-0.2, 0) is 0 Å². The average molecular weight is 454 g/mol. The van der Waals surface area contributed by atoms with E-state index in [0.29, 0.717) is 37.9 Å². The molecule has 0 saturated carbocycles. The van der Waals surface area contributed by atoms with Crippen LogP contribution < -0.4 is 14.4 Å². The van der Waals surface area contributed by atoms with Crippen molar-refractivity contribution in [1.29, 1.82) is 0 Å². The number of aromatic nitrogens is 3. The van der Waals surface area contributed by atoms with E-state index in [1.165, 1.54) is 26.4 Å². The molecule has 4 rings (SSSR count). The van der Waals surface area contributed by atoms with Crippen molar-refractivity contribution in [2.45, 2.75) is 6.92 Å². The third-order valence-corrected chi connectivity index (χ3v) is 5.35. The number of benzene rings is 1. The molecule has 12 nitrogen and oxygen atoms in total. The molecular formula is C21H22N6O6. The standard InChI is InChI=1S/C21H22N6O6/c1-13-23-20(24-33-13)14-4-5-19(22-12-14)25-6-8-26(9-7-25)21(28)15-10-17(31-2)18(32-3)11-16(15)27(29)30/h4-5,10-12H,6-9H2,1-3H3. The van der Waals surface area contributed by atoms with Crippen LogP contribution in [0.25, 0.3) is 11.4 Å². The second-order valence-corrected chi connectivity index (χ2v) is 7.30. The van der Waals surface area contributed by atoms with Crippen LogP contribution in [0.15, 0.2) is 35.0 Å². The van der Waals surface area contributed by atoms with Gasteiger partial charge in [-0.25, -0.2) is 4.98 Å². The molecule has 33 heavy (non-hydrogen) atoms. The molecule has 1 aliphatic heterocycles. The molecule has 1 fully saturated rings. The number of aryl methyl sites for hydroxylation is 1. The molecule has 12 heteroatoms. The number of nitrogens with zero attached hydrogens (tertiary/aromatic N) is 6. The maximum atomic E-state index is 13.1. The number of carbonyl (C=O) groups is 1. The first kappa shape index (κ1) is 22.0. The molecule has 1 saturated heterocycles. The number of nitro groups is 1. The summed E-state index contributed by atoms with van der Waals surface area (Å²) < 4.78 is 15.3. The number of methoxy groups -OCH3 is 2. The molecule has 0 aliphatic carbocycles. The quantitative estimate of drug-likeness (QED) is 0.403. The first-order valence-electron chi connectivity index (χ1n) is 10.1. The summed E-state index contributed by atoms with van der Waals surface area (Å²) in [5, 5.41) is 15.4. The van der Waals surface area contributed by atoms with Crippen molar-refractivity contribution >= 4 is 17.4 Å². The molecule has 0 bridgehead atoms. The Kier molecular flexibility index (Phi) is 6.07. The highest BCUT2D eigenvalue weighted by molar-refractivity contribution is 5.99. The van der Waals surface area contributed by atoms with Crippen molar-refractivity contribution in [2.75, 3.05) is 45.3 Å². The van der Waals surface area contributed by atoms with Crippen LogP contribution in [0, 0.1) is 17.0 Å². The number of pyridine rings is 1. The summed E-state index contributed by atoms with van der Waals surface area (Å²) in [6.45, 7) is 3.55. The van der Waals surface area contributed by atoms with Gasteiger partial charge < -0.3 is 23.8 Å². The Balaban J connectivity index is 1.47. The topological polar surface area (TPSA) is 137 Å². The predicted octanol–water partition coefficient (Wildman–Crippen LogP) is 2.33. The molecule has 1 aliphatic rings. The zero-order valence-corrected chi connectivity index (χ0v) is 18.3. The third kappa shape index (κ3) is 4.40. The number of anilines is 1. The van der Waals surface area contributed by atoms with E-state index < -0.39 is 10.8 Å². The fourth-order valence-corrected chi connectivity index (χ4v) is 3.62. The molecule has 172 valence electrons. The Bertz CT molecular complexity index is 1170. The van der Waals surface area contributed by atoms with E-state index in [1.807, 2.05) is 17.0 Å². The molecular weight excluding hydrogens is 432 g/mol. The van der Waals surface area contributed by atoms with Gasteiger partial charge in [0, 0.05) is 50.9 Å². The van der Waals surface area contributed by atoms with Crippen LogP contribution in [0.1, 0.15) is 16.2 Å². The molecule has 0 spiro atoms. The highest BCUT2D eigenvalue weighted by atomic mass is 16.6. The number of hydrogen-bond donors (Lipinski definition) is 0. The van der Waals surface area contributed by atoms with Gasteiger partial charge in [0.25, 0.3) is 11.6 Å². The summed E-state index contributed by atoms with van der Waals surface area (Å²) in [6, 6.07) is 6.28. The van der Waals surface area contributed by atoms with Crippen molar-refractivity contribution in [3.8, 4) is 22.9 Å². The van der Waals surface area contributed by atoms with Crippen LogP contribution in [0.5, 0.6) is 11.5 Å². The highest BCUT2D eigenvalue weighted by Crippen LogP contribution is 2.35. The van der Waals surface area contributed by atoms with Gasteiger partial charge in [0.05, 0.1) is 25.2 Å². The fraction of sp³-hybridized carbons (Fsp3) is 0.333. The van der Waals surface area contributed by atoms with Gasteiger partial charge in [0.15, 0.2) is 11.5 Å². The second kappa shape index (κ2) is 9.10. The van der Waals surface area contributed by atoms with Gasteiger partial charge in [0.2, 0.25) is 11.7 Å². The monoisotopic (exact) mass is 454 g/mol. The number of amides is 1. The number of hydrogen-bond acceptors (Lipinski definition) is 10. The van der Waals surface area contributed by atoms with Gasteiger partial charge in [0.1, 0.15) is 11.4 Å².